The molecule has 0 bridgehead atoms. The minimum absolute atomic E-state index is 0.0314. The van der Waals surface area contributed by atoms with Gasteiger partial charge in [-0.15, -0.1) is 0 Å². The zero-order valence-electron chi connectivity index (χ0n) is 10.4. The van der Waals surface area contributed by atoms with Crippen molar-refractivity contribution in [3.05, 3.63) is 40.0 Å². The molecule has 0 radical (unpaired) electrons. The summed E-state index contributed by atoms with van der Waals surface area (Å²) in [6.45, 7) is 14.6. The molecule has 0 aromatic heterocycles. The first kappa shape index (κ1) is 12.0. The first-order chi connectivity index (χ1) is 6.91. The molecule has 1 N–H and O–H groups in total. The lowest BCUT2D eigenvalue weighted by Gasteiger charge is -2.19. The maximum Gasteiger partial charge on any atom is 0.0682 e. The molecule has 0 fully saturated rings. The molecule has 0 heterocycles. The van der Waals surface area contributed by atoms with Crippen LogP contribution in [-0.4, -0.2) is 11.7 Å². The maximum absolute atomic E-state index is 9.19. The molecule has 15 heavy (non-hydrogen) atoms. The van der Waals surface area contributed by atoms with Gasteiger partial charge in [-0.3, -0.25) is 0 Å². The van der Waals surface area contributed by atoms with Crippen LogP contribution in [0.1, 0.15) is 33.4 Å². The Morgan fingerprint density at radius 3 is 1.53 bits per heavy atom. The zero-order chi connectivity index (χ0) is 11.7. The quantitative estimate of drug-likeness (QED) is 0.784. The van der Waals surface area contributed by atoms with Crippen LogP contribution in [0.3, 0.4) is 0 Å². The van der Waals surface area contributed by atoms with Crippen LogP contribution in [0.5, 0.6) is 0 Å². The van der Waals surface area contributed by atoms with Gasteiger partial charge in [0.15, 0.2) is 0 Å². The van der Waals surface area contributed by atoms with E-state index in [2.05, 4.69) is 41.2 Å². The first-order valence-electron chi connectivity index (χ1n) is 5.27. The summed E-state index contributed by atoms with van der Waals surface area (Å²) in [5, 5.41) is 9.19. The second-order valence-electron chi connectivity index (χ2n) is 4.26. The lowest BCUT2D eigenvalue weighted by atomic mass is 9.87. The molecule has 1 rings (SSSR count). The van der Waals surface area contributed by atoms with Crippen molar-refractivity contribution >= 4 is 5.57 Å². The number of aliphatic hydroxyl groups is 1. The van der Waals surface area contributed by atoms with Crippen LogP contribution in [0.15, 0.2) is 6.58 Å². The Kier molecular flexibility index (Phi) is 3.35. The van der Waals surface area contributed by atoms with Crippen LogP contribution in [0.4, 0.5) is 0 Å². The van der Waals surface area contributed by atoms with Gasteiger partial charge in [0.2, 0.25) is 0 Å². The van der Waals surface area contributed by atoms with Gasteiger partial charge in [-0.2, -0.15) is 0 Å². The number of benzene rings is 1. The fourth-order valence-corrected chi connectivity index (χ4v) is 2.11. The molecule has 0 amide bonds. The summed E-state index contributed by atoms with van der Waals surface area (Å²) >= 11 is 0. The lowest BCUT2D eigenvalue weighted by molar-refractivity contribution is 0.350. The normalized spacial score (nSPS) is 10.5. The molecule has 1 aromatic rings. The van der Waals surface area contributed by atoms with Gasteiger partial charge in [0.1, 0.15) is 0 Å². The van der Waals surface area contributed by atoms with Crippen LogP contribution in [-0.2, 0) is 0 Å². The van der Waals surface area contributed by atoms with Crippen LogP contribution in [0.25, 0.3) is 5.57 Å². The van der Waals surface area contributed by atoms with E-state index in [0.29, 0.717) is 0 Å². The van der Waals surface area contributed by atoms with E-state index in [-0.39, 0.29) is 6.61 Å². The Bertz CT molecular complexity index is 385. The van der Waals surface area contributed by atoms with E-state index < -0.39 is 0 Å². The van der Waals surface area contributed by atoms with E-state index in [1.807, 2.05) is 0 Å². The molecule has 0 aliphatic carbocycles. The molecule has 1 aromatic carbocycles. The maximum atomic E-state index is 9.19. The highest BCUT2D eigenvalue weighted by molar-refractivity contribution is 5.72. The smallest absolute Gasteiger partial charge is 0.0682 e. The number of rotatable bonds is 2. The summed E-state index contributed by atoms with van der Waals surface area (Å²) in [5.41, 5.74) is 8.41. The minimum Gasteiger partial charge on any atom is -0.392 e. The molecule has 0 atom stereocenters. The fourth-order valence-electron chi connectivity index (χ4n) is 2.11. The second kappa shape index (κ2) is 4.19. The summed E-state index contributed by atoms with van der Waals surface area (Å²) in [6, 6.07) is 0. The average Bonchev–Trinajstić information content (AvgIpc) is 2.23. The van der Waals surface area contributed by atoms with Gasteiger partial charge in [-0.25, -0.2) is 0 Å². The third kappa shape index (κ3) is 1.84. The van der Waals surface area contributed by atoms with E-state index in [0.717, 1.165) is 11.1 Å². The Labute approximate surface area is 92.5 Å². The van der Waals surface area contributed by atoms with Gasteiger partial charge in [0.05, 0.1) is 6.61 Å². The Morgan fingerprint density at radius 1 is 0.867 bits per heavy atom. The zero-order valence-corrected chi connectivity index (χ0v) is 10.4. The molecule has 1 nitrogen and oxygen atoms in total. The fraction of sp³-hybridized carbons (Fsp3) is 0.429. The Morgan fingerprint density at radius 2 is 1.20 bits per heavy atom. The molecule has 0 unspecified atom stereocenters. The van der Waals surface area contributed by atoms with Crippen molar-refractivity contribution in [2.45, 2.75) is 34.6 Å². The summed E-state index contributed by atoms with van der Waals surface area (Å²) in [4.78, 5) is 0. The molecular weight excluding hydrogens is 184 g/mol. The highest BCUT2D eigenvalue weighted by Crippen LogP contribution is 2.29. The van der Waals surface area contributed by atoms with Gasteiger partial charge >= 0.3 is 0 Å². The number of hydrogen-bond donors (Lipinski definition) is 1. The van der Waals surface area contributed by atoms with E-state index in [4.69, 9.17) is 0 Å². The highest BCUT2D eigenvalue weighted by atomic mass is 16.3. The minimum atomic E-state index is 0.0314. The van der Waals surface area contributed by atoms with Gasteiger partial charge < -0.3 is 5.11 Å². The second-order valence-corrected chi connectivity index (χ2v) is 4.26. The molecule has 0 saturated heterocycles. The number of aliphatic hydroxyl groups excluding tert-OH is 1. The van der Waals surface area contributed by atoms with Crippen molar-refractivity contribution in [1.29, 1.82) is 0 Å². The van der Waals surface area contributed by atoms with Gasteiger partial charge in [-0.05, 0) is 73.6 Å². The standard InChI is InChI=1S/C14H20O/c1-8(7-15)14-12(5)10(3)9(2)11(4)13(14)6/h15H,1,7H2,2-6H3. The summed E-state index contributed by atoms with van der Waals surface area (Å²) in [5.74, 6) is 0. The molecule has 1 heteroatoms. The van der Waals surface area contributed by atoms with E-state index in [9.17, 15) is 5.11 Å². The summed E-state index contributed by atoms with van der Waals surface area (Å²) < 4.78 is 0. The van der Waals surface area contributed by atoms with Crippen molar-refractivity contribution in [2.75, 3.05) is 6.61 Å². The van der Waals surface area contributed by atoms with Gasteiger partial charge in [-0.1, -0.05) is 6.58 Å². The molecular formula is C14H20O. The SMILES string of the molecule is C=C(CO)c1c(C)c(C)c(C)c(C)c1C. The predicted octanol–water partition coefficient (Wildman–Crippen LogP) is 3.23. The third-order valence-electron chi connectivity index (χ3n) is 3.54. The van der Waals surface area contributed by atoms with Crippen molar-refractivity contribution in [3.8, 4) is 0 Å². The monoisotopic (exact) mass is 204 g/mol. The number of hydrogen-bond acceptors (Lipinski definition) is 1. The van der Waals surface area contributed by atoms with Crippen LogP contribution in [0.2, 0.25) is 0 Å². The van der Waals surface area contributed by atoms with E-state index in [1.54, 1.807) is 0 Å². The van der Waals surface area contributed by atoms with E-state index in [1.165, 1.54) is 27.8 Å². The van der Waals surface area contributed by atoms with Gasteiger partial charge in [0, 0.05) is 0 Å². The van der Waals surface area contributed by atoms with Crippen LogP contribution >= 0.6 is 0 Å². The molecule has 82 valence electrons. The van der Waals surface area contributed by atoms with Crippen LogP contribution < -0.4 is 0 Å². The highest BCUT2D eigenvalue weighted by Gasteiger charge is 2.13. The largest absolute Gasteiger partial charge is 0.392 e. The lowest BCUT2D eigenvalue weighted by Crippen LogP contribution is -2.03. The summed E-state index contributed by atoms with van der Waals surface area (Å²) in [6.07, 6.45) is 0. The van der Waals surface area contributed by atoms with Crippen molar-refractivity contribution in [1.82, 2.24) is 0 Å². The Balaban J connectivity index is 3.60. The molecule has 0 spiro atoms. The van der Waals surface area contributed by atoms with Gasteiger partial charge in [0.25, 0.3) is 0 Å². The first-order valence-corrected chi connectivity index (χ1v) is 5.27. The predicted molar refractivity (Wildman–Crippen MR) is 66.2 cm³/mol. The van der Waals surface area contributed by atoms with E-state index >= 15 is 0 Å². The molecule has 0 saturated carbocycles. The van der Waals surface area contributed by atoms with Crippen molar-refractivity contribution < 1.29 is 5.11 Å². The van der Waals surface area contributed by atoms with Crippen molar-refractivity contribution in [2.24, 2.45) is 0 Å². The molecule has 0 aliphatic rings. The average molecular weight is 204 g/mol. The van der Waals surface area contributed by atoms with Crippen molar-refractivity contribution in [3.63, 3.8) is 0 Å². The summed E-state index contributed by atoms with van der Waals surface area (Å²) in [7, 11) is 0. The molecule has 0 aliphatic heterocycles. The topological polar surface area (TPSA) is 20.2 Å². The third-order valence-corrected chi connectivity index (χ3v) is 3.54. The Hall–Kier alpha value is -1.08. The van der Waals surface area contributed by atoms with Crippen LogP contribution in [0, 0.1) is 34.6 Å².